The van der Waals surface area contributed by atoms with Crippen LogP contribution in [-0.2, 0) is 16.0 Å². The minimum atomic E-state index is -0.160. The highest BCUT2D eigenvalue weighted by Crippen LogP contribution is 2.14. The number of esters is 1. The van der Waals surface area contributed by atoms with E-state index in [1.807, 2.05) is 24.3 Å². The molecule has 0 amide bonds. The maximum Gasteiger partial charge on any atom is 0.305 e. The largest absolute Gasteiger partial charge is 0.497 e. The summed E-state index contributed by atoms with van der Waals surface area (Å²) in [6, 6.07) is 8.07. The molecule has 1 aromatic rings. The summed E-state index contributed by atoms with van der Waals surface area (Å²) >= 11 is 0. The first-order valence-electron chi connectivity index (χ1n) is 6.11. The molecule has 0 saturated heterocycles. The van der Waals surface area contributed by atoms with Gasteiger partial charge in [-0.2, -0.15) is 0 Å². The van der Waals surface area contributed by atoms with Gasteiger partial charge in [0.05, 0.1) is 14.2 Å². The molecule has 3 nitrogen and oxygen atoms in total. The first kappa shape index (κ1) is 14.3. The topological polar surface area (TPSA) is 35.5 Å². The Labute approximate surface area is 108 Å². The summed E-state index contributed by atoms with van der Waals surface area (Å²) in [4.78, 5) is 10.9. The molecule has 0 aliphatic rings. The number of methoxy groups -OCH3 is 2. The normalized spacial score (nSPS) is 10.6. The van der Waals surface area contributed by atoms with Crippen LogP contribution in [0.5, 0.6) is 5.75 Å². The van der Waals surface area contributed by atoms with Crippen LogP contribution in [-0.4, -0.2) is 20.2 Å². The molecule has 0 heterocycles. The molecule has 1 rings (SSSR count). The van der Waals surface area contributed by atoms with Crippen molar-refractivity contribution in [3.8, 4) is 5.75 Å². The van der Waals surface area contributed by atoms with Crippen LogP contribution in [0.3, 0.4) is 0 Å². The number of carbonyl (C=O) groups is 1. The minimum absolute atomic E-state index is 0.160. The molecule has 0 aliphatic heterocycles. The number of allylic oxidation sites excluding steroid dienone is 2. The summed E-state index contributed by atoms with van der Waals surface area (Å²) in [5.41, 5.74) is 1.26. The standard InChI is InChI=1S/C15H20O3/c1-17-14-10-7-9-13(12-14)8-5-3-4-6-11-15(16)18-2/h3-4,7,9-10,12H,5-6,8,11H2,1-2H3/b4-3+. The zero-order chi connectivity index (χ0) is 13.2. The first-order chi connectivity index (χ1) is 8.76. The van der Waals surface area contributed by atoms with Crippen molar-refractivity contribution in [2.45, 2.75) is 25.7 Å². The van der Waals surface area contributed by atoms with Crippen LogP contribution in [0.25, 0.3) is 0 Å². The van der Waals surface area contributed by atoms with Crippen molar-refractivity contribution in [3.63, 3.8) is 0 Å². The van der Waals surface area contributed by atoms with E-state index < -0.39 is 0 Å². The molecule has 0 unspecified atom stereocenters. The van der Waals surface area contributed by atoms with Crippen molar-refractivity contribution in [3.05, 3.63) is 42.0 Å². The Bertz CT molecular complexity index is 396. The smallest absolute Gasteiger partial charge is 0.305 e. The second-order valence-electron chi connectivity index (χ2n) is 3.98. The van der Waals surface area contributed by atoms with Gasteiger partial charge in [0, 0.05) is 6.42 Å². The second kappa shape index (κ2) is 8.34. The van der Waals surface area contributed by atoms with Gasteiger partial charge in [0.2, 0.25) is 0 Å². The van der Waals surface area contributed by atoms with Crippen molar-refractivity contribution < 1.29 is 14.3 Å². The molecule has 0 aromatic heterocycles. The van der Waals surface area contributed by atoms with E-state index >= 15 is 0 Å². The molecule has 0 N–H and O–H groups in total. The molecular weight excluding hydrogens is 228 g/mol. The number of benzene rings is 1. The average Bonchev–Trinajstić information content (AvgIpc) is 2.42. The van der Waals surface area contributed by atoms with Crippen LogP contribution in [0.1, 0.15) is 24.8 Å². The van der Waals surface area contributed by atoms with Gasteiger partial charge in [-0.05, 0) is 37.0 Å². The Morgan fingerprint density at radius 1 is 1.22 bits per heavy atom. The van der Waals surface area contributed by atoms with Crippen LogP contribution in [0.2, 0.25) is 0 Å². The van der Waals surface area contributed by atoms with Crippen molar-refractivity contribution in [1.29, 1.82) is 0 Å². The van der Waals surface area contributed by atoms with Crippen molar-refractivity contribution in [2.24, 2.45) is 0 Å². The van der Waals surface area contributed by atoms with Gasteiger partial charge in [-0.25, -0.2) is 0 Å². The van der Waals surface area contributed by atoms with E-state index in [9.17, 15) is 4.79 Å². The lowest BCUT2D eigenvalue weighted by Gasteiger charge is -2.02. The monoisotopic (exact) mass is 248 g/mol. The van der Waals surface area contributed by atoms with Crippen LogP contribution in [0.4, 0.5) is 0 Å². The highest BCUT2D eigenvalue weighted by atomic mass is 16.5. The molecule has 0 radical (unpaired) electrons. The third-order valence-corrected chi connectivity index (χ3v) is 2.64. The Hall–Kier alpha value is -1.77. The van der Waals surface area contributed by atoms with Gasteiger partial charge in [-0.1, -0.05) is 24.3 Å². The number of carbonyl (C=O) groups excluding carboxylic acids is 1. The molecule has 3 heteroatoms. The van der Waals surface area contributed by atoms with Crippen LogP contribution in [0.15, 0.2) is 36.4 Å². The maximum absolute atomic E-state index is 10.9. The van der Waals surface area contributed by atoms with E-state index in [-0.39, 0.29) is 5.97 Å². The Balaban J connectivity index is 2.24. The third kappa shape index (κ3) is 5.53. The SMILES string of the molecule is COC(=O)CC/C=C/CCc1cccc(OC)c1. The number of aryl methyl sites for hydroxylation is 1. The summed E-state index contributed by atoms with van der Waals surface area (Å²) in [5.74, 6) is 0.731. The van der Waals surface area contributed by atoms with Gasteiger partial charge in [0.15, 0.2) is 0 Å². The van der Waals surface area contributed by atoms with E-state index in [0.717, 1.165) is 25.0 Å². The lowest BCUT2D eigenvalue weighted by Crippen LogP contribution is -1.97. The fourth-order valence-electron chi connectivity index (χ4n) is 1.62. The van der Waals surface area contributed by atoms with E-state index in [2.05, 4.69) is 16.9 Å². The van der Waals surface area contributed by atoms with E-state index in [4.69, 9.17) is 4.74 Å². The van der Waals surface area contributed by atoms with E-state index in [1.165, 1.54) is 12.7 Å². The van der Waals surface area contributed by atoms with Gasteiger partial charge in [-0.3, -0.25) is 4.79 Å². The van der Waals surface area contributed by atoms with E-state index in [0.29, 0.717) is 6.42 Å². The quantitative estimate of drug-likeness (QED) is 0.549. The second-order valence-corrected chi connectivity index (χ2v) is 3.98. The molecule has 1 aromatic carbocycles. The number of hydrogen-bond acceptors (Lipinski definition) is 3. The summed E-state index contributed by atoms with van der Waals surface area (Å²) in [5, 5.41) is 0. The molecule has 18 heavy (non-hydrogen) atoms. The molecule has 98 valence electrons. The molecular formula is C15H20O3. The predicted octanol–water partition coefficient (Wildman–Crippen LogP) is 3.14. The minimum Gasteiger partial charge on any atom is -0.497 e. The van der Waals surface area contributed by atoms with Gasteiger partial charge in [-0.15, -0.1) is 0 Å². The van der Waals surface area contributed by atoms with Crippen molar-refractivity contribution >= 4 is 5.97 Å². The Morgan fingerprint density at radius 3 is 2.72 bits per heavy atom. The zero-order valence-corrected chi connectivity index (χ0v) is 11.0. The van der Waals surface area contributed by atoms with Gasteiger partial charge < -0.3 is 9.47 Å². The number of hydrogen-bond donors (Lipinski definition) is 0. The number of ether oxygens (including phenoxy) is 2. The molecule has 0 fully saturated rings. The van der Waals surface area contributed by atoms with E-state index in [1.54, 1.807) is 7.11 Å². The van der Waals surface area contributed by atoms with Crippen LogP contribution in [0, 0.1) is 0 Å². The van der Waals surface area contributed by atoms with Gasteiger partial charge in [0.1, 0.15) is 5.75 Å². The van der Waals surface area contributed by atoms with Crippen LogP contribution >= 0.6 is 0 Å². The van der Waals surface area contributed by atoms with Gasteiger partial charge in [0.25, 0.3) is 0 Å². The summed E-state index contributed by atoms with van der Waals surface area (Å²) in [6.07, 6.45) is 7.26. The first-order valence-corrected chi connectivity index (χ1v) is 6.11. The average molecular weight is 248 g/mol. The van der Waals surface area contributed by atoms with Crippen molar-refractivity contribution in [2.75, 3.05) is 14.2 Å². The summed E-state index contributed by atoms with van der Waals surface area (Å²) < 4.78 is 9.73. The lowest BCUT2D eigenvalue weighted by atomic mass is 10.1. The fraction of sp³-hybridized carbons (Fsp3) is 0.400. The zero-order valence-electron chi connectivity index (χ0n) is 11.0. The molecule has 0 atom stereocenters. The number of rotatable bonds is 7. The highest BCUT2D eigenvalue weighted by Gasteiger charge is 1.96. The molecule has 0 bridgehead atoms. The molecule has 0 spiro atoms. The van der Waals surface area contributed by atoms with Crippen LogP contribution < -0.4 is 4.74 Å². The Kier molecular flexibility index (Phi) is 6.62. The predicted molar refractivity (Wildman–Crippen MR) is 71.7 cm³/mol. The maximum atomic E-state index is 10.9. The lowest BCUT2D eigenvalue weighted by molar-refractivity contribution is -0.140. The summed E-state index contributed by atoms with van der Waals surface area (Å²) in [6.45, 7) is 0. The third-order valence-electron chi connectivity index (χ3n) is 2.64. The fourth-order valence-corrected chi connectivity index (χ4v) is 1.62. The highest BCUT2D eigenvalue weighted by molar-refractivity contribution is 5.69. The Morgan fingerprint density at radius 2 is 2.00 bits per heavy atom. The van der Waals surface area contributed by atoms with Crippen molar-refractivity contribution in [1.82, 2.24) is 0 Å². The molecule has 0 aliphatic carbocycles. The molecule has 0 saturated carbocycles. The summed E-state index contributed by atoms with van der Waals surface area (Å²) in [7, 11) is 3.08. The van der Waals surface area contributed by atoms with Gasteiger partial charge >= 0.3 is 5.97 Å².